The van der Waals surface area contributed by atoms with Crippen LogP contribution in [0.4, 0.5) is 0 Å². The highest BCUT2D eigenvalue weighted by atomic mass is 32.1. The molecule has 0 aliphatic heterocycles. The summed E-state index contributed by atoms with van der Waals surface area (Å²) in [5.41, 5.74) is 1.84. The minimum Gasteiger partial charge on any atom is -0.311 e. The molecule has 1 aromatic heterocycles. The molecule has 0 radical (unpaired) electrons. The van der Waals surface area contributed by atoms with Crippen molar-refractivity contribution < 1.29 is 0 Å². The maximum atomic E-state index is 4.67. The second-order valence-corrected chi connectivity index (χ2v) is 8.08. The molecule has 0 spiro atoms. The van der Waals surface area contributed by atoms with Crippen molar-refractivity contribution in [2.24, 2.45) is 10.8 Å². The molecule has 0 amide bonds. The number of hydrogen-bond donors (Lipinski definition) is 1. The van der Waals surface area contributed by atoms with Gasteiger partial charge in [0.05, 0.1) is 10.7 Å². The number of nitrogens with zero attached hydrogens (tertiary/aromatic N) is 1. The fourth-order valence-electron chi connectivity index (χ4n) is 1.53. The van der Waals surface area contributed by atoms with E-state index in [4.69, 9.17) is 0 Å². The topological polar surface area (TPSA) is 24.9 Å². The van der Waals surface area contributed by atoms with Crippen LogP contribution in [-0.2, 0) is 13.0 Å². The molecule has 1 aromatic rings. The van der Waals surface area contributed by atoms with E-state index in [1.54, 1.807) is 11.3 Å². The highest BCUT2D eigenvalue weighted by Gasteiger charge is 2.14. The van der Waals surface area contributed by atoms with E-state index >= 15 is 0 Å². The molecule has 98 valence electrons. The first kappa shape index (κ1) is 14.7. The first-order chi connectivity index (χ1) is 7.66. The molecule has 0 saturated heterocycles. The fraction of sp³-hybridized carbons (Fsp3) is 0.786. The van der Waals surface area contributed by atoms with Crippen molar-refractivity contribution >= 4 is 11.3 Å². The first-order valence-electron chi connectivity index (χ1n) is 6.30. The van der Waals surface area contributed by atoms with E-state index in [9.17, 15) is 0 Å². The van der Waals surface area contributed by atoms with Gasteiger partial charge < -0.3 is 5.32 Å². The van der Waals surface area contributed by atoms with Gasteiger partial charge in [0.15, 0.2) is 0 Å². The van der Waals surface area contributed by atoms with Gasteiger partial charge in [-0.3, -0.25) is 0 Å². The van der Waals surface area contributed by atoms with Crippen LogP contribution in [0, 0.1) is 10.8 Å². The highest BCUT2D eigenvalue weighted by Crippen LogP contribution is 2.23. The molecule has 2 nitrogen and oxygen atoms in total. The van der Waals surface area contributed by atoms with Crippen LogP contribution in [0.15, 0.2) is 5.38 Å². The Morgan fingerprint density at radius 1 is 1.12 bits per heavy atom. The minimum atomic E-state index is 0.327. The van der Waals surface area contributed by atoms with Crippen LogP contribution in [0.5, 0.6) is 0 Å². The zero-order valence-electron chi connectivity index (χ0n) is 12.1. The van der Waals surface area contributed by atoms with E-state index in [-0.39, 0.29) is 0 Å². The number of hydrogen-bond acceptors (Lipinski definition) is 3. The zero-order chi connectivity index (χ0) is 13.1. The smallest absolute Gasteiger partial charge is 0.0934 e. The molecule has 1 heterocycles. The van der Waals surface area contributed by atoms with Gasteiger partial charge in [-0.05, 0) is 10.8 Å². The molecule has 0 aromatic carbocycles. The second kappa shape index (κ2) is 5.49. The number of rotatable bonds is 4. The number of nitrogens with one attached hydrogen (secondary N) is 1. The van der Waals surface area contributed by atoms with E-state index in [0.717, 1.165) is 19.5 Å². The molecule has 0 bridgehead atoms. The average Bonchev–Trinajstić information content (AvgIpc) is 2.46. The van der Waals surface area contributed by atoms with Gasteiger partial charge in [-0.15, -0.1) is 11.3 Å². The Morgan fingerprint density at radius 3 is 2.29 bits per heavy atom. The van der Waals surface area contributed by atoms with Crippen molar-refractivity contribution in [3.05, 3.63) is 16.1 Å². The summed E-state index contributed by atoms with van der Waals surface area (Å²) in [5, 5.41) is 6.89. The molecule has 0 saturated carbocycles. The molecule has 1 rings (SSSR count). The van der Waals surface area contributed by atoms with Crippen molar-refractivity contribution in [3.8, 4) is 0 Å². The Bertz CT molecular complexity index is 342. The molecular weight excluding hydrogens is 228 g/mol. The summed E-state index contributed by atoms with van der Waals surface area (Å²) in [6.07, 6.45) is 1.07. The second-order valence-electron chi connectivity index (χ2n) is 7.13. The lowest BCUT2D eigenvalue weighted by molar-refractivity contribution is 0.378. The lowest BCUT2D eigenvalue weighted by atomic mass is 9.93. The predicted molar refractivity (Wildman–Crippen MR) is 76.4 cm³/mol. The molecular formula is C14H26N2S. The molecule has 3 heteroatoms. The molecule has 1 N–H and O–H groups in total. The highest BCUT2D eigenvalue weighted by molar-refractivity contribution is 7.09. The van der Waals surface area contributed by atoms with Gasteiger partial charge in [0, 0.05) is 24.9 Å². The lowest BCUT2D eigenvalue weighted by Crippen LogP contribution is -2.26. The largest absolute Gasteiger partial charge is 0.311 e. The number of aromatic nitrogens is 1. The molecule has 0 aliphatic rings. The van der Waals surface area contributed by atoms with Gasteiger partial charge in [-0.25, -0.2) is 4.98 Å². The van der Waals surface area contributed by atoms with Gasteiger partial charge >= 0.3 is 0 Å². The van der Waals surface area contributed by atoms with Crippen molar-refractivity contribution in [1.29, 1.82) is 0 Å². The van der Waals surface area contributed by atoms with Crippen LogP contribution in [-0.4, -0.2) is 11.5 Å². The van der Waals surface area contributed by atoms with Crippen LogP contribution in [0.3, 0.4) is 0 Å². The van der Waals surface area contributed by atoms with E-state index in [1.165, 1.54) is 10.7 Å². The third-order valence-electron chi connectivity index (χ3n) is 2.24. The average molecular weight is 254 g/mol. The third-order valence-corrected chi connectivity index (χ3v) is 3.14. The maximum Gasteiger partial charge on any atom is 0.0934 e. The Labute approximate surface area is 110 Å². The van der Waals surface area contributed by atoms with Gasteiger partial charge in [0.1, 0.15) is 0 Å². The standard InChI is InChI=1S/C14H26N2S/c1-13(2,3)7-12-16-11(9-17-12)8-15-10-14(4,5)6/h9,15H,7-8,10H2,1-6H3. The maximum absolute atomic E-state index is 4.67. The van der Waals surface area contributed by atoms with E-state index in [1.807, 2.05) is 0 Å². The van der Waals surface area contributed by atoms with Crippen molar-refractivity contribution in [2.75, 3.05) is 6.54 Å². The van der Waals surface area contributed by atoms with Crippen LogP contribution in [0.25, 0.3) is 0 Å². The zero-order valence-corrected chi connectivity index (χ0v) is 12.9. The molecule has 0 unspecified atom stereocenters. The van der Waals surface area contributed by atoms with Crippen LogP contribution in [0.1, 0.15) is 52.2 Å². The summed E-state index contributed by atoms with van der Waals surface area (Å²) >= 11 is 1.78. The summed E-state index contributed by atoms with van der Waals surface area (Å²) in [6, 6.07) is 0. The third kappa shape index (κ3) is 6.79. The van der Waals surface area contributed by atoms with Crippen molar-refractivity contribution in [1.82, 2.24) is 10.3 Å². The molecule has 0 fully saturated rings. The Kier molecular flexibility index (Phi) is 4.73. The van der Waals surface area contributed by atoms with Gasteiger partial charge in [0.2, 0.25) is 0 Å². The molecule has 0 aliphatic carbocycles. The summed E-state index contributed by atoms with van der Waals surface area (Å²) in [7, 11) is 0. The van der Waals surface area contributed by atoms with Gasteiger partial charge in [-0.2, -0.15) is 0 Å². The number of thiazole rings is 1. The Hall–Kier alpha value is -0.410. The first-order valence-corrected chi connectivity index (χ1v) is 7.18. The van der Waals surface area contributed by atoms with Crippen molar-refractivity contribution in [2.45, 2.75) is 54.5 Å². The normalized spacial score (nSPS) is 13.1. The molecule has 17 heavy (non-hydrogen) atoms. The minimum absolute atomic E-state index is 0.327. The van der Waals surface area contributed by atoms with Gasteiger partial charge in [0.25, 0.3) is 0 Å². The molecule has 0 atom stereocenters. The quantitative estimate of drug-likeness (QED) is 0.882. The van der Waals surface area contributed by atoms with E-state index in [2.05, 4.69) is 57.2 Å². The monoisotopic (exact) mass is 254 g/mol. The Balaban J connectivity index is 2.41. The Morgan fingerprint density at radius 2 is 1.76 bits per heavy atom. The fourth-order valence-corrected chi connectivity index (χ4v) is 2.62. The van der Waals surface area contributed by atoms with E-state index in [0.29, 0.717) is 10.8 Å². The summed E-state index contributed by atoms with van der Waals surface area (Å²) in [5.74, 6) is 0. The predicted octanol–water partition coefficient (Wildman–Crippen LogP) is 3.87. The lowest BCUT2D eigenvalue weighted by Gasteiger charge is -2.18. The summed E-state index contributed by atoms with van der Waals surface area (Å²) in [4.78, 5) is 4.67. The van der Waals surface area contributed by atoms with Crippen LogP contribution >= 0.6 is 11.3 Å². The SMILES string of the molecule is CC(C)(C)CNCc1csc(CC(C)(C)C)n1. The van der Waals surface area contributed by atoms with Crippen LogP contribution < -0.4 is 5.32 Å². The van der Waals surface area contributed by atoms with Gasteiger partial charge in [-0.1, -0.05) is 41.5 Å². The summed E-state index contributed by atoms with van der Waals surface area (Å²) < 4.78 is 0. The summed E-state index contributed by atoms with van der Waals surface area (Å²) in [6.45, 7) is 15.4. The van der Waals surface area contributed by atoms with Crippen LogP contribution in [0.2, 0.25) is 0 Å². The van der Waals surface area contributed by atoms with E-state index < -0.39 is 0 Å². The van der Waals surface area contributed by atoms with Crippen molar-refractivity contribution in [3.63, 3.8) is 0 Å².